The number of urea groups is 1. The van der Waals surface area contributed by atoms with Gasteiger partial charge in [0.2, 0.25) is 10.0 Å². The lowest BCUT2D eigenvalue weighted by Crippen LogP contribution is -2.37. The molecule has 0 atom stereocenters. The van der Waals surface area contributed by atoms with Gasteiger partial charge in [-0.05, 0) is 12.1 Å². The molecule has 0 saturated carbocycles. The first-order chi connectivity index (χ1) is 7.92. The fraction of sp³-hybridized carbons (Fsp3) is 0.250. The molecule has 0 aliphatic rings. The van der Waals surface area contributed by atoms with Crippen LogP contribution in [-0.2, 0) is 10.0 Å². The number of nitrogens with zero attached hydrogens (tertiary/aromatic N) is 1. The maximum Gasteiger partial charge on any atom is 0.312 e. The first-order valence-corrected chi connectivity index (χ1v) is 6.42. The summed E-state index contributed by atoms with van der Waals surface area (Å²) in [6, 6.07) is 1.99. The van der Waals surface area contributed by atoms with Crippen LogP contribution in [0.15, 0.2) is 23.2 Å². The summed E-state index contributed by atoms with van der Waals surface area (Å²) >= 11 is 5.54. The SMILES string of the molecule is NC(=O)NCCNS(=O)(=O)c1ccc(Cl)nc1. The number of hydrogen-bond acceptors (Lipinski definition) is 4. The van der Waals surface area contributed by atoms with E-state index in [1.165, 1.54) is 12.1 Å². The Morgan fingerprint density at radius 1 is 1.41 bits per heavy atom. The Morgan fingerprint density at radius 2 is 2.12 bits per heavy atom. The monoisotopic (exact) mass is 278 g/mol. The van der Waals surface area contributed by atoms with Gasteiger partial charge >= 0.3 is 6.03 Å². The van der Waals surface area contributed by atoms with Crippen LogP contribution in [0.1, 0.15) is 0 Å². The average molecular weight is 279 g/mol. The van der Waals surface area contributed by atoms with Crippen LogP contribution in [0.5, 0.6) is 0 Å². The molecule has 0 unspecified atom stereocenters. The zero-order chi connectivity index (χ0) is 12.9. The number of aromatic nitrogens is 1. The van der Waals surface area contributed by atoms with Gasteiger partial charge < -0.3 is 11.1 Å². The van der Waals surface area contributed by atoms with E-state index < -0.39 is 16.1 Å². The molecule has 0 saturated heterocycles. The number of primary amides is 1. The second-order valence-corrected chi connectivity index (χ2v) is 5.16. The Labute approximate surface area is 103 Å². The molecule has 7 nitrogen and oxygen atoms in total. The summed E-state index contributed by atoms with van der Waals surface area (Å²) in [5.74, 6) is 0. The van der Waals surface area contributed by atoms with Crippen LogP contribution in [0.2, 0.25) is 5.15 Å². The summed E-state index contributed by atoms with van der Waals surface area (Å²) < 4.78 is 25.6. The Bertz CT molecular complexity index is 488. The molecule has 0 spiro atoms. The number of rotatable bonds is 5. The van der Waals surface area contributed by atoms with Crippen LogP contribution in [0.3, 0.4) is 0 Å². The summed E-state index contributed by atoms with van der Waals surface area (Å²) in [6.07, 6.45) is 1.15. The summed E-state index contributed by atoms with van der Waals surface area (Å²) in [4.78, 5) is 14.0. The highest BCUT2D eigenvalue weighted by Crippen LogP contribution is 2.09. The number of nitrogens with two attached hydrogens (primary N) is 1. The summed E-state index contributed by atoms with van der Waals surface area (Å²) in [5.41, 5.74) is 4.82. The van der Waals surface area contributed by atoms with Crippen LogP contribution >= 0.6 is 11.6 Å². The molecule has 4 N–H and O–H groups in total. The fourth-order valence-electron chi connectivity index (χ4n) is 0.976. The molecule has 94 valence electrons. The van der Waals surface area contributed by atoms with Gasteiger partial charge in [0.05, 0.1) is 0 Å². The minimum atomic E-state index is -3.64. The van der Waals surface area contributed by atoms with Crippen LogP contribution in [-0.4, -0.2) is 32.5 Å². The van der Waals surface area contributed by atoms with Crippen molar-refractivity contribution in [3.63, 3.8) is 0 Å². The third-order valence-electron chi connectivity index (χ3n) is 1.73. The molecule has 0 bridgehead atoms. The molecule has 9 heteroatoms. The molecule has 0 radical (unpaired) electrons. The average Bonchev–Trinajstić information content (AvgIpc) is 2.25. The predicted molar refractivity (Wildman–Crippen MR) is 62.0 cm³/mol. The highest BCUT2D eigenvalue weighted by atomic mass is 35.5. The number of carbonyl (C=O) groups is 1. The van der Waals surface area contributed by atoms with Crippen LogP contribution in [0, 0.1) is 0 Å². The molecule has 17 heavy (non-hydrogen) atoms. The predicted octanol–water partition coefficient (Wildman–Crippen LogP) is -0.318. The maximum atomic E-state index is 11.6. The molecule has 1 rings (SSSR count). The van der Waals surface area contributed by atoms with Crippen molar-refractivity contribution < 1.29 is 13.2 Å². The molecule has 1 aromatic heterocycles. The molecular weight excluding hydrogens is 268 g/mol. The fourth-order valence-corrected chi connectivity index (χ4v) is 2.06. The van der Waals surface area contributed by atoms with Gasteiger partial charge in [-0.2, -0.15) is 0 Å². The van der Waals surface area contributed by atoms with E-state index in [9.17, 15) is 13.2 Å². The van der Waals surface area contributed by atoms with E-state index in [0.717, 1.165) is 6.20 Å². The number of hydrogen-bond donors (Lipinski definition) is 3. The lowest BCUT2D eigenvalue weighted by Gasteiger charge is -2.06. The third-order valence-corrected chi connectivity index (χ3v) is 3.40. The number of amides is 2. The van der Waals surface area contributed by atoms with E-state index in [-0.39, 0.29) is 23.1 Å². The van der Waals surface area contributed by atoms with E-state index in [1.807, 2.05) is 0 Å². The van der Waals surface area contributed by atoms with Crippen molar-refractivity contribution >= 4 is 27.7 Å². The number of halogens is 1. The molecule has 1 heterocycles. The number of pyridine rings is 1. The zero-order valence-corrected chi connectivity index (χ0v) is 10.3. The third kappa shape index (κ3) is 4.55. The second-order valence-electron chi connectivity index (χ2n) is 3.01. The van der Waals surface area contributed by atoms with Crippen molar-refractivity contribution in [2.75, 3.05) is 13.1 Å². The number of nitrogens with one attached hydrogen (secondary N) is 2. The summed E-state index contributed by atoms with van der Waals surface area (Å²) in [5, 5.41) is 2.46. The standard InChI is InChI=1S/C8H11ClN4O3S/c9-7-2-1-6(5-12-7)17(15,16)13-4-3-11-8(10)14/h1-2,5,13H,3-4H2,(H3,10,11,14). The van der Waals surface area contributed by atoms with Crippen molar-refractivity contribution in [1.82, 2.24) is 15.0 Å². The molecule has 0 fully saturated rings. The van der Waals surface area contributed by atoms with E-state index in [0.29, 0.717) is 0 Å². The first-order valence-electron chi connectivity index (χ1n) is 4.56. The van der Waals surface area contributed by atoms with Crippen molar-refractivity contribution in [2.45, 2.75) is 4.90 Å². The van der Waals surface area contributed by atoms with Gasteiger partial charge in [0.1, 0.15) is 10.0 Å². The van der Waals surface area contributed by atoms with Gasteiger partial charge in [-0.15, -0.1) is 0 Å². The molecule has 1 aromatic rings. The number of sulfonamides is 1. The van der Waals surface area contributed by atoms with Crippen molar-refractivity contribution in [1.29, 1.82) is 0 Å². The summed E-state index contributed by atoms with van der Waals surface area (Å²) in [6.45, 7) is 0.142. The Hall–Kier alpha value is -1.38. The zero-order valence-electron chi connectivity index (χ0n) is 8.68. The van der Waals surface area contributed by atoms with E-state index in [2.05, 4.69) is 15.0 Å². The van der Waals surface area contributed by atoms with Crippen molar-refractivity contribution in [3.05, 3.63) is 23.5 Å². The van der Waals surface area contributed by atoms with Gasteiger partial charge in [-0.1, -0.05) is 11.6 Å². The normalized spacial score (nSPS) is 11.1. The first kappa shape index (κ1) is 13.7. The minimum absolute atomic E-state index is 0.000903. The molecule has 0 aliphatic heterocycles. The van der Waals surface area contributed by atoms with E-state index in [4.69, 9.17) is 17.3 Å². The van der Waals surface area contributed by atoms with E-state index in [1.54, 1.807) is 0 Å². The van der Waals surface area contributed by atoms with E-state index >= 15 is 0 Å². The molecule has 0 aromatic carbocycles. The summed E-state index contributed by atoms with van der Waals surface area (Å²) in [7, 11) is -3.64. The van der Waals surface area contributed by atoms with Crippen LogP contribution in [0.4, 0.5) is 4.79 Å². The molecule has 0 aliphatic carbocycles. The Morgan fingerprint density at radius 3 is 2.65 bits per heavy atom. The van der Waals surface area contributed by atoms with Crippen molar-refractivity contribution in [2.24, 2.45) is 5.73 Å². The Kier molecular flexibility index (Phi) is 4.67. The second kappa shape index (κ2) is 5.80. The topological polar surface area (TPSA) is 114 Å². The van der Waals surface area contributed by atoms with Gasteiger partial charge in [-0.25, -0.2) is 22.9 Å². The molecule has 2 amide bonds. The van der Waals surface area contributed by atoms with Crippen LogP contribution < -0.4 is 15.8 Å². The van der Waals surface area contributed by atoms with Gasteiger partial charge in [0.25, 0.3) is 0 Å². The van der Waals surface area contributed by atoms with Crippen molar-refractivity contribution in [3.8, 4) is 0 Å². The lowest BCUT2D eigenvalue weighted by molar-refractivity contribution is 0.249. The van der Waals surface area contributed by atoms with Gasteiger partial charge in [-0.3, -0.25) is 0 Å². The number of carbonyl (C=O) groups excluding carboxylic acids is 1. The van der Waals surface area contributed by atoms with Gasteiger partial charge in [0.15, 0.2) is 0 Å². The lowest BCUT2D eigenvalue weighted by atomic mass is 10.5. The highest BCUT2D eigenvalue weighted by Gasteiger charge is 2.13. The largest absolute Gasteiger partial charge is 0.352 e. The minimum Gasteiger partial charge on any atom is -0.352 e. The maximum absolute atomic E-state index is 11.6. The van der Waals surface area contributed by atoms with Crippen LogP contribution in [0.25, 0.3) is 0 Å². The smallest absolute Gasteiger partial charge is 0.312 e. The quantitative estimate of drug-likeness (QED) is 0.506. The molecular formula is C8H11ClN4O3S. The Balaban J connectivity index is 2.57. The van der Waals surface area contributed by atoms with Gasteiger partial charge in [0, 0.05) is 19.3 Å². The highest BCUT2D eigenvalue weighted by molar-refractivity contribution is 7.89.